The number of carbonyl (C=O) groups excluding carboxylic acids is 2. The van der Waals surface area contributed by atoms with Gasteiger partial charge in [0.25, 0.3) is 0 Å². The Labute approximate surface area is 288 Å². The number of aliphatic carboxylic acids is 2. The molecule has 0 bridgehead atoms. The topological polar surface area (TPSA) is 145 Å². The second kappa shape index (κ2) is 19.2. The molecular formula is C38H44CoN2O6. The van der Waals surface area contributed by atoms with Gasteiger partial charge in [-0.25, -0.2) is 0 Å². The minimum Gasteiger partial charge on any atom is -0.550 e. The van der Waals surface area contributed by atoms with Crippen LogP contribution in [0.1, 0.15) is 99.6 Å². The molecule has 4 rings (SSSR count). The molecule has 0 aromatic heterocycles. The van der Waals surface area contributed by atoms with E-state index in [0.717, 1.165) is 60.0 Å². The molecular weight excluding hydrogens is 639 g/mol. The van der Waals surface area contributed by atoms with Crippen molar-refractivity contribution in [3.8, 4) is 11.5 Å². The standard InChI is InChI=1S/C34H38N2O2.2C2H4O2.Co/c1-7-21(3)26-15-23(5)33(37)28(17-26)19-35-30-13-9-11-25-12-10-14-31(32(25)30)36-20-29-18-27(22(4)8-2)16-24(6)34(29)38;2*1-2(3)4;/h9-22,37-38H,7-8H2,1-6H3;2*1H3,(H,3,4);/q;;;+2/p-2. The van der Waals surface area contributed by atoms with Crippen LogP contribution < -0.4 is 10.2 Å². The molecule has 2 atom stereocenters. The minimum atomic E-state index is -1.08. The maximum Gasteiger partial charge on any atom is 2.00 e. The second-order valence-electron chi connectivity index (χ2n) is 11.3. The van der Waals surface area contributed by atoms with Gasteiger partial charge in [-0.05, 0) is 104 Å². The van der Waals surface area contributed by atoms with Gasteiger partial charge in [0.2, 0.25) is 0 Å². The molecule has 2 unspecified atom stereocenters. The summed E-state index contributed by atoms with van der Waals surface area (Å²) in [6, 6.07) is 20.1. The number of fused-ring (bicyclic) bond motifs is 1. The third-order valence-corrected chi connectivity index (χ3v) is 7.61. The second-order valence-corrected chi connectivity index (χ2v) is 11.3. The van der Waals surface area contributed by atoms with Crippen LogP contribution in [-0.2, 0) is 26.4 Å². The van der Waals surface area contributed by atoms with Crippen molar-refractivity contribution < 1.29 is 46.8 Å². The Morgan fingerprint density at radius 1 is 0.723 bits per heavy atom. The van der Waals surface area contributed by atoms with Crippen LogP contribution in [0.3, 0.4) is 0 Å². The van der Waals surface area contributed by atoms with E-state index in [1.165, 1.54) is 11.1 Å². The van der Waals surface area contributed by atoms with Gasteiger partial charge in [0.15, 0.2) is 0 Å². The number of benzene rings is 4. The predicted molar refractivity (Wildman–Crippen MR) is 183 cm³/mol. The van der Waals surface area contributed by atoms with Gasteiger partial charge in [-0.2, -0.15) is 0 Å². The Morgan fingerprint density at radius 3 is 1.38 bits per heavy atom. The van der Waals surface area contributed by atoms with E-state index in [-0.39, 0.29) is 28.3 Å². The quantitative estimate of drug-likeness (QED) is 0.193. The van der Waals surface area contributed by atoms with Crippen LogP contribution in [0.25, 0.3) is 10.8 Å². The third kappa shape index (κ3) is 12.0. The number of hydrogen-bond acceptors (Lipinski definition) is 8. The zero-order chi connectivity index (χ0) is 34.6. The summed E-state index contributed by atoms with van der Waals surface area (Å²) in [5.41, 5.74) is 7.06. The SMILES string of the molecule is CC(=O)[O-].CC(=O)[O-].CCC(C)c1cc(C)c(O)c(C=Nc2cccc3cccc(N=Cc4cc(C(C)CC)cc(C)c4O)c23)c1.[Co+2]. The summed E-state index contributed by atoms with van der Waals surface area (Å²) in [5, 5.41) is 41.2. The summed E-state index contributed by atoms with van der Waals surface area (Å²) >= 11 is 0. The van der Waals surface area contributed by atoms with Crippen LogP contribution in [0.5, 0.6) is 11.5 Å². The molecule has 2 N–H and O–H groups in total. The van der Waals surface area contributed by atoms with Crippen molar-refractivity contribution in [2.75, 3.05) is 0 Å². The Kier molecular flexibility index (Phi) is 16.6. The largest absolute Gasteiger partial charge is 2.00 e. The summed E-state index contributed by atoms with van der Waals surface area (Å²) in [6.45, 7) is 14.5. The van der Waals surface area contributed by atoms with Crippen molar-refractivity contribution in [3.63, 3.8) is 0 Å². The van der Waals surface area contributed by atoms with Gasteiger partial charge in [0, 0.05) is 40.9 Å². The first-order valence-electron chi connectivity index (χ1n) is 15.3. The molecule has 4 aromatic rings. The van der Waals surface area contributed by atoms with E-state index in [4.69, 9.17) is 29.8 Å². The fourth-order valence-corrected chi connectivity index (χ4v) is 4.70. The molecule has 0 spiro atoms. The summed E-state index contributed by atoms with van der Waals surface area (Å²) in [4.78, 5) is 27.4. The molecule has 0 saturated heterocycles. The number of aromatic hydroxyl groups is 2. The number of carbonyl (C=O) groups is 2. The Bertz CT molecular complexity index is 1600. The van der Waals surface area contributed by atoms with E-state index in [1.807, 2.05) is 62.4 Å². The molecule has 251 valence electrons. The molecule has 0 heterocycles. The number of carboxylic acids is 2. The Balaban J connectivity index is 0.00000110. The maximum absolute atomic E-state index is 10.7. The predicted octanol–water partition coefficient (Wildman–Crippen LogP) is 6.91. The number of hydrogen-bond donors (Lipinski definition) is 2. The van der Waals surface area contributed by atoms with Gasteiger partial charge in [-0.15, -0.1) is 0 Å². The monoisotopic (exact) mass is 683 g/mol. The van der Waals surface area contributed by atoms with Crippen LogP contribution in [-0.4, -0.2) is 34.6 Å². The van der Waals surface area contributed by atoms with E-state index in [0.29, 0.717) is 23.0 Å². The van der Waals surface area contributed by atoms with Gasteiger partial charge >= 0.3 is 16.8 Å². The summed E-state index contributed by atoms with van der Waals surface area (Å²) in [6.07, 6.45) is 5.55. The minimum absolute atomic E-state index is 0. The molecule has 0 aliphatic carbocycles. The van der Waals surface area contributed by atoms with Gasteiger partial charge in [0.05, 0.1) is 11.4 Å². The van der Waals surface area contributed by atoms with E-state index in [2.05, 4.69) is 39.8 Å². The molecule has 0 fully saturated rings. The van der Waals surface area contributed by atoms with Gasteiger partial charge in [-0.3, -0.25) is 9.98 Å². The number of aliphatic imine (C=N–C) groups is 2. The van der Waals surface area contributed by atoms with Crippen molar-refractivity contribution in [2.45, 2.75) is 80.1 Å². The molecule has 1 radical (unpaired) electrons. The fourth-order valence-electron chi connectivity index (χ4n) is 4.70. The fraction of sp³-hybridized carbons (Fsp3) is 0.316. The first kappa shape index (κ1) is 40.6. The number of phenols is 2. The smallest absolute Gasteiger partial charge is 0.550 e. The van der Waals surface area contributed by atoms with Crippen molar-refractivity contribution in [3.05, 3.63) is 94.0 Å². The summed E-state index contributed by atoms with van der Waals surface area (Å²) < 4.78 is 0. The van der Waals surface area contributed by atoms with Crippen LogP contribution in [0.2, 0.25) is 0 Å². The molecule has 0 aliphatic rings. The van der Waals surface area contributed by atoms with E-state index >= 15 is 0 Å². The molecule has 47 heavy (non-hydrogen) atoms. The number of phenolic OH excluding ortho intramolecular Hbond substituents is 2. The van der Waals surface area contributed by atoms with Crippen LogP contribution in [0.4, 0.5) is 11.4 Å². The number of aryl methyl sites for hydroxylation is 2. The van der Waals surface area contributed by atoms with Crippen LogP contribution >= 0.6 is 0 Å². The molecule has 0 aliphatic heterocycles. The van der Waals surface area contributed by atoms with Gasteiger partial charge in [-0.1, -0.05) is 64.1 Å². The van der Waals surface area contributed by atoms with Crippen LogP contribution in [0, 0.1) is 13.8 Å². The van der Waals surface area contributed by atoms with Crippen LogP contribution in [0.15, 0.2) is 70.6 Å². The third-order valence-electron chi connectivity index (χ3n) is 7.61. The molecule has 4 aromatic carbocycles. The zero-order valence-electron chi connectivity index (χ0n) is 28.3. The van der Waals surface area contributed by atoms with Gasteiger partial charge < -0.3 is 30.0 Å². The molecule has 8 nitrogen and oxygen atoms in total. The first-order valence-corrected chi connectivity index (χ1v) is 15.3. The first-order chi connectivity index (χ1) is 21.7. The summed E-state index contributed by atoms with van der Waals surface area (Å²) in [7, 11) is 0. The Morgan fingerprint density at radius 2 is 1.06 bits per heavy atom. The van der Waals surface area contributed by atoms with Crippen molar-refractivity contribution in [1.82, 2.24) is 0 Å². The Hall–Kier alpha value is -4.47. The van der Waals surface area contributed by atoms with E-state index in [1.54, 1.807) is 12.4 Å². The summed E-state index contributed by atoms with van der Waals surface area (Å²) in [5.74, 6) is -0.852. The van der Waals surface area contributed by atoms with Crippen molar-refractivity contribution in [2.24, 2.45) is 9.98 Å². The number of carboxylic acid groups (broad SMARTS) is 2. The van der Waals surface area contributed by atoms with Crippen molar-refractivity contribution >= 4 is 46.5 Å². The van der Waals surface area contributed by atoms with Gasteiger partial charge in [0.1, 0.15) is 11.5 Å². The molecule has 0 saturated carbocycles. The number of nitrogens with zero attached hydrogens (tertiary/aromatic N) is 2. The average Bonchev–Trinajstić information content (AvgIpc) is 3.00. The average molecular weight is 684 g/mol. The number of rotatable bonds is 8. The zero-order valence-corrected chi connectivity index (χ0v) is 29.3. The normalized spacial score (nSPS) is 12.0. The van der Waals surface area contributed by atoms with E-state index in [9.17, 15) is 10.2 Å². The maximum atomic E-state index is 10.7. The van der Waals surface area contributed by atoms with E-state index < -0.39 is 11.9 Å². The van der Waals surface area contributed by atoms with Crippen molar-refractivity contribution in [1.29, 1.82) is 0 Å². The molecule has 0 amide bonds. The molecule has 9 heteroatoms.